The maximum atomic E-state index is 12.7. The zero-order valence-corrected chi connectivity index (χ0v) is 17.5. The van der Waals surface area contributed by atoms with Gasteiger partial charge in [-0.2, -0.15) is 13.2 Å². The lowest BCUT2D eigenvalue weighted by Gasteiger charge is -2.28. The molecule has 8 nitrogen and oxygen atoms in total. The molecule has 2 fully saturated rings. The van der Waals surface area contributed by atoms with Gasteiger partial charge in [0.15, 0.2) is 5.69 Å². The van der Waals surface area contributed by atoms with E-state index in [-0.39, 0.29) is 11.3 Å². The Hall–Kier alpha value is -2.95. The first-order valence-corrected chi connectivity index (χ1v) is 10.1. The first kappa shape index (κ1) is 23.7. The molecule has 0 radical (unpaired) electrons. The molecule has 2 atom stereocenters. The SMILES string of the molecule is Cc1cc(C(=O)N2C[C@H]3CCC[C@@]3(COCc3cccnc3)C2)no1.O=C(O)C(F)(F)F. The quantitative estimate of drug-likeness (QED) is 0.736. The Balaban J connectivity index is 0.000000360. The van der Waals surface area contributed by atoms with Crippen LogP contribution >= 0.6 is 0 Å². The molecule has 174 valence electrons. The van der Waals surface area contributed by atoms with Crippen molar-refractivity contribution in [2.45, 2.75) is 39.0 Å². The van der Waals surface area contributed by atoms with Crippen molar-refractivity contribution in [1.82, 2.24) is 15.0 Å². The Morgan fingerprint density at radius 1 is 1.41 bits per heavy atom. The number of likely N-dealkylation sites (tertiary alicyclic amines) is 1. The molecule has 1 N–H and O–H groups in total. The van der Waals surface area contributed by atoms with Crippen LogP contribution in [0.15, 0.2) is 35.1 Å². The van der Waals surface area contributed by atoms with Crippen LogP contribution in [-0.4, -0.2) is 57.9 Å². The second-order valence-electron chi connectivity index (χ2n) is 8.12. The predicted molar refractivity (Wildman–Crippen MR) is 105 cm³/mol. The largest absolute Gasteiger partial charge is 0.490 e. The lowest BCUT2D eigenvalue weighted by atomic mass is 9.81. The average Bonchev–Trinajstić information content (AvgIpc) is 3.42. The summed E-state index contributed by atoms with van der Waals surface area (Å²) in [5, 5.41) is 11.0. The summed E-state index contributed by atoms with van der Waals surface area (Å²) in [5.74, 6) is -1.61. The molecule has 2 aromatic rings. The number of fused-ring (bicyclic) bond motifs is 1. The van der Waals surface area contributed by atoms with Gasteiger partial charge in [0.2, 0.25) is 0 Å². The predicted octanol–water partition coefficient (Wildman–Crippen LogP) is 3.47. The number of amides is 1. The van der Waals surface area contributed by atoms with Crippen LogP contribution in [0.1, 0.15) is 41.1 Å². The van der Waals surface area contributed by atoms with Crippen molar-refractivity contribution < 1.29 is 37.1 Å². The first-order chi connectivity index (χ1) is 15.1. The Bertz CT molecular complexity index is 934. The molecule has 0 unspecified atom stereocenters. The molecule has 4 rings (SSSR count). The van der Waals surface area contributed by atoms with Gasteiger partial charge in [-0.1, -0.05) is 17.6 Å². The van der Waals surface area contributed by atoms with Crippen molar-refractivity contribution in [3.8, 4) is 0 Å². The van der Waals surface area contributed by atoms with Gasteiger partial charge < -0.3 is 19.3 Å². The molecule has 0 bridgehead atoms. The smallest absolute Gasteiger partial charge is 0.475 e. The van der Waals surface area contributed by atoms with Crippen LogP contribution in [0.3, 0.4) is 0 Å². The van der Waals surface area contributed by atoms with Gasteiger partial charge in [-0.25, -0.2) is 4.79 Å². The second kappa shape index (κ2) is 9.68. The van der Waals surface area contributed by atoms with Crippen LogP contribution in [0.5, 0.6) is 0 Å². The molecule has 1 amide bonds. The van der Waals surface area contributed by atoms with Crippen LogP contribution in [0.4, 0.5) is 13.2 Å². The fraction of sp³-hybridized carbons (Fsp3) is 0.524. The van der Waals surface area contributed by atoms with Crippen LogP contribution < -0.4 is 0 Å². The van der Waals surface area contributed by atoms with E-state index in [9.17, 15) is 18.0 Å². The molecule has 1 saturated carbocycles. The van der Waals surface area contributed by atoms with Gasteiger partial charge in [0.1, 0.15) is 5.76 Å². The maximum absolute atomic E-state index is 12.7. The van der Waals surface area contributed by atoms with Gasteiger partial charge in [-0.15, -0.1) is 0 Å². The number of carboxylic acid groups (broad SMARTS) is 1. The van der Waals surface area contributed by atoms with Gasteiger partial charge in [0.05, 0.1) is 13.2 Å². The number of rotatable bonds is 5. The fourth-order valence-corrected chi connectivity index (χ4v) is 4.29. The van der Waals surface area contributed by atoms with E-state index in [0.717, 1.165) is 31.5 Å². The van der Waals surface area contributed by atoms with Gasteiger partial charge >= 0.3 is 12.1 Å². The summed E-state index contributed by atoms with van der Waals surface area (Å²) in [7, 11) is 0. The monoisotopic (exact) mass is 455 g/mol. The van der Waals surface area contributed by atoms with Gasteiger partial charge in [0.25, 0.3) is 5.91 Å². The molecule has 11 heteroatoms. The number of carboxylic acids is 1. The third-order valence-corrected chi connectivity index (χ3v) is 5.80. The number of halogens is 3. The summed E-state index contributed by atoms with van der Waals surface area (Å²) in [6.45, 7) is 4.60. The average molecular weight is 455 g/mol. The van der Waals surface area contributed by atoms with Crippen molar-refractivity contribution in [2.75, 3.05) is 19.7 Å². The Morgan fingerprint density at radius 2 is 2.16 bits per heavy atom. The topological polar surface area (TPSA) is 106 Å². The highest BCUT2D eigenvalue weighted by atomic mass is 19.4. The summed E-state index contributed by atoms with van der Waals surface area (Å²) >= 11 is 0. The number of ether oxygens (including phenoxy) is 1. The molecular weight excluding hydrogens is 431 g/mol. The lowest BCUT2D eigenvalue weighted by molar-refractivity contribution is -0.192. The highest BCUT2D eigenvalue weighted by molar-refractivity contribution is 5.92. The first-order valence-electron chi connectivity index (χ1n) is 10.1. The van der Waals surface area contributed by atoms with Crippen molar-refractivity contribution in [2.24, 2.45) is 11.3 Å². The number of nitrogens with zero attached hydrogens (tertiary/aromatic N) is 3. The highest BCUT2D eigenvalue weighted by Gasteiger charge is 2.51. The van der Waals surface area contributed by atoms with E-state index in [1.807, 2.05) is 23.2 Å². The molecule has 3 heterocycles. The van der Waals surface area contributed by atoms with E-state index in [1.165, 1.54) is 6.42 Å². The summed E-state index contributed by atoms with van der Waals surface area (Å²) in [5.41, 5.74) is 1.57. The normalized spacial score (nSPS) is 22.2. The molecular formula is C21H24F3N3O5. The van der Waals surface area contributed by atoms with Crippen molar-refractivity contribution in [1.29, 1.82) is 0 Å². The number of aryl methyl sites for hydroxylation is 1. The molecule has 2 aliphatic rings. The highest BCUT2D eigenvalue weighted by Crippen LogP contribution is 2.49. The van der Waals surface area contributed by atoms with E-state index < -0.39 is 12.1 Å². The van der Waals surface area contributed by atoms with Crippen molar-refractivity contribution in [3.63, 3.8) is 0 Å². The summed E-state index contributed by atoms with van der Waals surface area (Å²) in [6.07, 6.45) is 2.01. The molecule has 0 aromatic carbocycles. The Labute approximate surface area is 182 Å². The number of pyridine rings is 1. The zero-order valence-electron chi connectivity index (χ0n) is 17.5. The third kappa shape index (κ3) is 5.64. The minimum atomic E-state index is -5.08. The fourth-order valence-electron chi connectivity index (χ4n) is 4.29. The van der Waals surface area contributed by atoms with Gasteiger partial charge in [0, 0.05) is 37.0 Å². The van der Waals surface area contributed by atoms with E-state index >= 15 is 0 Å². The molecule has 32 heavy (non-hydrogen) atoms. The maximum Gasteiger partial charge on any atom is 0.490 e. The third-order valence-electron chi connectivity index (χ3n) is 5.80. The minimum Gasteiger partial charge on any atom is -0.475 e. The van der Waals surface area contributed by atoms with Gasteiger partial charge in [-0.3, -0.25) is 9.78 Å². The molecule has 1 saturated heterocycles. The standard InChI is InChI=1S/C19H23N3O3.C2HF3O2/c1-14-8-17(21-25-14)18(23)22-10-16-5-2-6-19(16,12-22)13-24-11-15-4-3-7-20-9-15;3-2(4,5)1(6)7/h3-4,7-9,16H,2,5-6,10-13H2,1H3;(H,6,7)/t16-,19+;/m1./s1. The number of carbonyl (C=O) groups excluding carboxylic acids is 1. The number of carbonyl (C=O) groups is 2. The minimum absolute atomic E-state index is 0.0297. The van der Waals surface area contributed by atoms with Crippen LogP contribution in [-0.2, 0) is 16.1 Å². The van der Waals surface area contributed by atoms with E-state index in [0.29, 0.717) is 30.6 Å². The number of aromatic nitrogens is 2. The van der Waals surface area contributed by atoms with E-state index in [2.05, 4.69) is 10.1 Å². The molecule has 1 aliphatic heterocycles. The van der Waals surface area contributed by atoms with Crippen LogP contribution in [0.2, 0.25) is 0 Å². The van der Waals surface area contributed by atoms with Crippen molar-refractivity contribution >= 4 is 11.9 Å². The Kier molecular flexibility index (Phi) is 7.17. The summed E-state index contributed by atoms with van der Waals surface area (Å²) < 4.78 is 42.8. The second-order valence-corrected chi connectivity index (χ2v) is 8.12. The van der Waals surface area contributed by atoms with Crippen molar-refractivity contribution in [3.05, 3.63) is 47.6 Å². The number of alkyl halides is 3. The number of hydrogen-bond donors (Lipinski definition) is 1. The molecule has 0 spiro atoms. The van der Waals surface area contributed by atoms with Crippen LogP contribution in [0.25, 0.3) is 0 Å². The summed E-state index contributed by atoms with van der Waals surface area (Å²) in [6, 6.07) is 5.65. The molecule has 2 aromatic heterocycles. The molecule has 1 aliphatic carbocycles. The number of hydrogen-bond acceptors (Lipinski definition) is 6. The Morgan fingerprint density at radius 3 is 2.75 bits per heavy atom. The van der Waals surface area contributed by atoms with E-state index in [1.54, 1.807) is 19.2 Å². The van der Waals surface area contributed by atoms with Crippen LogP contribution in [0, 0.1) is 18.3 Å². The zero-order chi connectivity index (χ0) is 23.4. The number of aliphatic carboxylic acids is 1. The van der Waals surface area contributed by atoms with E-state index in [4.69, 9.17) is 19.2 Å². The lowest BCUT2D eigenvalue weighted by Crippen LogP contribution is -2.34. The summed E-state index contributed by atoms with van der Waals surface area (Å²) in [4.78, 5) is 27.6. The van der Waals surface area contributed by atoms with Gasteiger partial charge in [-0.05, 0) is 37.3 Å².